The maximum atomic E-state index is 13.2. The van der Waals surface area contributed by atoms with Crippen molar-refractivity contribution in [3.8, 4) is 0 Å². The first-order valence-electron chi connectivity index (χ1n) is 6.53. The number of allylic oxidation sites excluding steroid dienone is 1. The monoisotopic (exact) mass is 315 g/mol. The van der Waals surface area contributed by atoms with Crippen LogP contribution in [0.1, 0.15) is 25.5 Å². The van der Waals surface area contributed by atoms with Gasteiger partial charge in [0.2, 0.25) is 5.91 Å². The Morgan fingerprint density at radius 2 is 2.05 bits per heavy atom. The van der Waals surface area contributed by atoms with Gasteiger partial charge >= 0.3 is 0 Å². The summed E-state index contributed by atoms with van der Waals surface area (Å²) in [6.07, 6.45) is 3.51. The van der Waals surface area contributed by atoms with Gasteiger partial charge in [-0.15, -0.1) is 0 Å². The summed E-state index contributed by atoms with van der Waals surface area (Å²) < 4.78 is 37.8. The lowest BCUT2D eigenvalue weighted by molar-refractivity contribution is -0.129. The Morgan fingerprint density at radius 1 is 1.38 bits per heavy atom. The van der Waals surface area contributed by atoms with E-state index in [1.54, 1.807) is 26.1 Å². The number of amides is 1. The molecule has 1 rings (SSSR count). The third-order valence-electron chi connectivity index (χ3n) is 3.20. The summed E-state index contributed by atoms with van der Waals surface area (Å²) in [6, 6.07) is 3.11. The van der Waals surface area contributed by atoms with Gasteiger partial charge in [0, 0.05) is 23.6 Å². The Morgan fingerprint density at radius 3 is 2.62 bits per heavy atom. The first-order chi connectivity index (χ1) is 9.86. The lowest BCUT2D eigenvalue weighted by Crippen LogP contribution is -2.33. The molecule has 0 heterocycles. The zero-order chi connectivity index (χ0) is 16.0. The number of carbonyl (C=O) groups excluding carboxylic acids is 1. The van der Waals surface area contributed by atoms with Crippen molar-refractivity contribution in [2.24, 2.45) is 0 Å². The summed E-state index contributed by atoms with van der Waals surface area (Å²) in [4.78, 5) is 13.4. The van der Waals surface area contributed by atoms with Gasteiger partial charge < -0.3 is 4.90 Å². The van der Waals surface area contributed by atoms with Crippen LogP contribution >= 0.6 is 0 Å². The SMILES string of the molecule is CC=CCS(=O)CC(=O)N(C)C(C)c1ccc(F)c(F)c1. The number of hydrogen-bond donors (Lipinski definition) is 0. The molecule has 0 N–H and O–H groups in total. The van der Waals surface area contributed by atoms with Gasteiger partial charge in [0.05, 0.1) is 6.04 Å². The lowest BCUT2D eigenvalue weighted by Gasteiger charge is -2.25. The molecular weight excluding hydrogens is 296 g/mol. The van der Waals surface area contributed by atoms with E-state index in [0.717, 1.165) is 12.1 Å². The van der Waals surface area contributed by atoms with Gasteiger partial charge in [0.25, 0.3) is 0 Å². The molecule has 2 atom stereocenters. The first-order valence-corrected chi connectivity index (χ1v) is 8.02. The molecule has 2 unspecified atom stereocenters. The molecule has 1 aromatic rings. The molecule has 0 spiro atoms. The van der Waals surface area contributed by atoms with E-state index in [9.17, 15) is 17.8 Å². The van der Waals surface area contributed by atoms with E-state index >= 15 is 0 Å². The van der Waals surface area contributed by atoms with Gasteiger partial charge in [-0.2, -0.15) is 0 Å². The molecule has 0 bridgehead atoms. The Kier molecular flexibility index (Phi) is 6.68. The van der Waals surface area contributed by atoms with E-state index in [0.29, 0.717) is 11.3 Å². The van der Waals surface area contributed by atoms with Gasteiger partial charge in [-0.25, -0.2) is 8.78 Å². The molecule has 0 aromatic heterocycles. The van der Waals surface area contributed by atoms with Crippen molar-refractivity contribution in [3.63, 3.8) is 0 Å². The average Bonchev–Trinajstić information content (AvgIpc) is 2.46. The molecule has 0 aliphatic heterocycles. The van der Waals surface area contributed by atoms with Crippen molar-refractivity contribution in [3.05, 3.63) is 47.5 Å². The average molecular weight is 315 g/mol. The second kappa shape index (κ2) is 8.02. The highest BCUT2D eigenvalue weighted by atomic mass is 32.2. The van der Waals surface area contributed by atoms with Crippen molar-refractivity contribution in [2.75, 3.05) is 18.6 Å². The van der Waals surface area contributed by atoms with Crippen molar-refractivity contribution in [1.29, 1.82) is 0 Å². The van der Waals surface area contributed by atoms with Crippen LogP contribution < -0.4 is 0 Å². The van der Waals surface area contributed by atoms with Gasteiger partial charge in [0.1, 0.15) is 5.75 Å². The summed E-state index contributed by atoms with van der Waals surface area (Å²) in [7, 11) is 0.293. The minimum absolute atomic E-state index is 0.0884. The molecule has 0 radical (unpaired) electrons. The van der Waals surface area contributed by atoms with Gasteiger partial charge in [-0.1, -0.05) is 18.2 Å². The molecule has 0 aliphatic carbocycles. The largest absolute Gasteiger partial charge is 0.338 e. The number of rotatable bonds is 6. The van der Waals surface area contributed by atoms with Crippen molar-refractivity contribution >= 4 is 16.7 Å². The smallest absolute Gasteiger partial charge is 0.235 e. The minimum atomic E-state index is -1.26. The van der Waals surface area contributed by atoms with Crippen LogP contribution in [0, 0.1) is 11.6 Å². The molecule has 6 heteroatoms. The Bertz CT molecular complexity index is 561. The molecule has 1 amide bonds. The molecular formula is C15H19F2NO2S. The van der Waals surface area contributed by atoms with Crippen LogP contribution in [0.3, 0.4) is 0 Å². The first kappa shape index (κ1) is 17.5. The van der Waals surface area contributed by atoms with Crippen LogP contribution in [0.4, 0.5) is 8.78 Å². The number of hydrogen-bond acceptors (Lipinski definition) is 2. The highest BCUT2D eigenvalue weighted by Crippen LogP contribution is 2.21. The Balaban J connectivity index is 2.72. The summed E-state index contributed by atoms with van der Waals surface area (Å²) in [5.74, 6) is -1.93. The van der Waals surface area contributed by atoms with E-state index in [1.807, 2.05) is 6.92 Å². The van der Waals surface area contributed by atoms with Crippen LogP contribution in [0.5, 0.6) is 0 Å². The van der Waals surface area contributed by atoms with E-state index < -0.39 is 28.5 Å². The fourth-order valence-electron chi connectivity index (χ4n) is 1.71. The van der Waals surface area contributed by atoms with E-state index in [2.05, 4.69) is 0 Å². The van der Waals surface area contributed by atoms with Crippen LogP contribution in [0.2, 0.25) is 0 Å². The maximum Gasteiger partial charge on any atom is 0.235 e. The van der Waals surface area contributed by atoms with Crippen molar-refractivity contribution < 1.29 is 17.8 Å². The normalized spacial score (nSPS) is 14.1. The van der Waals surface area contributed by atoms with Crippen LogP contribution in [-0.2, 0) is 15.6 Å². The van der Waals surface area contributed by atoms with Crippen LogP contribution in [0.25, 0.3) is 0 Å². The topological polar surface area (TPSA) is 37.4 Å². The molecule has 0 aliphatic rings. The number of benzene rings is 1. The summed E-state index contributed by atoms with van der Waals surface area (Å²) >= 11 is 0. The highest BCUT2D eigenvalue weighted by Gasteiger charge is 2.20. The number of nitrogens with zero attached hydrogens (tertiary/aromatic N) is 1. The minimum Gasteiger partial charge on any atom is -0.338 e. The van der Waals surface area contributed by atoms with E-state index in [4.69, 9.17) is 0 Å². The zero-order valence-corrected chi connectivity index (χ0v) is 13.1. The molecule has 0 saturated heterocycles. The predicted octanol–water partition coefficient (Wildman–Crippen LogP) is 2.81. The fraction of sp³-hybridized carbons (Fsp3) is 0.400. The van der Waals surface area contributed by atoms with Gasteiger partial charge in [-0.05, 0) is 31.5 Å². The Labute approximate surface area is 126 Å². The fourth-order valence-corrected chi connectivity index (χ4v) is 2.72. The standard InChI is InChI=1S/C15H19F2NO2S/c1-4-5-8-21(20)10-15(19)18(3)11(2)12-6-7-13(16)14(17)9-12/h4-7,9,11H,8,10H2,1-3H3. The summed E-state index contributed by atoms with van der Waals surface area (Å²) in [5.41, 5.74) is 0.490. The quantitative estimate of drug-likeness (QED) is 0.757. The molecule has 3 nitrogen and oxygen atoms in total. The molecule has 0 saturated carbocycles. The lowest BCUT2D eigenvalue weighted by atomic mass is 10.1. The summed E-state index contributed by atoms with van der Waals surface area (Å²) in [5, 5.41) is 0. The predicted molar refractivity (Wildman–Crippen MR) is 80.2 cm³/mol. The van der Waals surface area contributed by atoms with Crippen LogP contribution in [-0.4, -0.2) is 33.6 Å². The van der Waals surface area contributed by atoms with Gasteiger partial charge in [-0.3, -0.25) is 9.00 Å². The Hall–Kier alpha value is -1.56. The second-order valence-electron chi connectivity index (χ2n) is 4.67. The summed E-state index contributed by atoms with van der Waals surface area (Å²) in [6.45, 7) is 3.52. The second-order valence-corrected chi connectivity index (χ2v) is 6.18. The van der Waals surface area contributed by atoms with Crippen molar-refractivity contribution in [1.82, 2.24) is 4.90 Å². The number of carbonyl (C=O) groups is 1. The number of halogens is 2. The van der Waals surface area contributed by atoms with E-state index in [-0.39, 0.29) is 11.7 Å². The molecule has 1 aromatic carbocycles. The van der Waals surface area contributed by atoms with Crippen LogP contribution in [0.15, 0.2) is 30.4 Å². The third-order valence-corrected chi connectivity index (χ3v) is 4.34. The maximum absolute atomic E-state index is 13.2. The third kappa shape index (κ3) is 5.04. The van der Waals surface area contributed by atoms with Gasteiger partial charge in [0.15, 0.2) is 11.6 Å². The van der Waals surface area contributed by atoms with E-state index in [1.165, 1.54) is 11.0 Å². The van der Waals surface area contributed by atoms with Crippen molar-refractivity contribution in [2.45, 2.75) is 19.9 Å². The highest BCUT2D eigenvalue weighted by molar-refractivity contribution is 7.85. The molecule has 0 fully saturated rings. The molecule has 21 heavy (non-hydrogen) atoms. The molecule has 116 valence electrons. The zero-order valence-electron chi connectivity index (χ0n) is 12.3.